The second-order valence-electron chi connectivity index (χ2n) is 3.65. The number of hydrogen-bond acceptors (Lipinski definition) is 3. The van der Waals surface area contributed by atoms with Crippen LogP contribution in [0.3, 0.4) is 0 Å². The van der Waals surface area contributed by atoms with Gasteiger partial charge in [0.25, 0.3) is 0 Å². The van der Waals surface area contributed by atoms with E-state index in [0.717, 1.165) is 32.6 Å². The average molecular weight is 186 g/mol. The summed E-state index contributed by atoms with van der Waals surface area (Å²) in [7, 11) is 0. The van der Waals surface area contributed by atoms with Crippen LogP contribution in [0.5, 0.6) is 0 Å². The maximum absolute atomic E-state index is 5.98. The van der Waals surface area contributed by atoms with Crippen LogP contribution in [0, 0.1) is 0 Å². The lowest BCUT2D eigenvalue weighted by Crippen LogP contribution is -2.45. The summed E-state index contributed by atoms with van der Waals surface area (Å²) in [6.07, 6.45) is 5.18. The van der Waals surface area contributed by atoms with Gasteiger partial charge in [-0.3, -0.25) is 4.90 Å². The third kappa shape index (κ3) is 4.07. The molecule has 0 bridgehead atoms. The third-order valence-electron chi connectivity index (χ3n) is 2.60. The van der Waals surface area contributed by atoms with Crippen LogP contribution < -0.4 is 5.73 Å². The largest absolute Gasteiger partial charge is 0.382 e. The average Bonchev–Trinajstić information content (AvgIpc) is 2.15. The molecule has 1 rings (SSSR count). The highest BCUT2D eigenvalue weighted by Crippen LogP contribution is 2.12. The van der Waals surface area contributed by atoms with Gasteiger partial charge in [0.05, 0.1) is 6.17 Å². The normalized spacial score (nSPS) is 24.9. The van der Waals surface area contributed by atoms with Crippen LogP contribution in [0.1, 0.15) is 32.6 Å². The van der Waals surface area contributed by atoms with Gasteiger partial charge in [0.15, 0.2) is 0 Å². The first-order valence-electron chi connectivity index (χ1n) is 5.42. The van der Waals surface area contributed by atoms with Crippen molar-refractivity contribution in [1.82, 2.24) is 4.90 Å². The Kier molecular flexibility index (Phi) is 5.35. The zero-order chi connectivity index (χ0) is 9.52. The molecule has 1 saturated heterocycles. The van der Waals surface area contributed by atoms with E-state index in [1.807, 2.05) is 6.92 Å². The van der Waals surface area contributed by atoms with Crippen LogP contribution in [0.25, 0.3) is 0 Å². The van der Waals surface area contributed by atoms with E-state index in [2.05, 4.69) is 4.90 Å². The van der Waals surface area contributed by atoms with Crippen molar-refractivity contribution < 1.29 is 4.74 Å². The first kappa shape index (κ1) is 11.0. The van der Waals surface area contributed by atoms with Crippen molar-refractivity contribution in [2.75, 3.05) is 26.3 Å². The molecule has 0 aliphatic carbocycles. The van der Waals surface area contributed by atoms with Crippen molar-refractivity contribution in [3.05, 3.63) is 0 Å². The standard InChI is InChI=1S/C10H22N2O/c1-2-13-9-5-8-12-7-4-3-6-10(12)11/h10H,2-9,11H2,1H3/t10-/m1/s1. The number of rotatable bonds is 5. The molecule has 0 aromatic heterocycles. The summed E-state index contributed by atoms with van der Waals surface area (Å²) in [5.41, 5.74) is 5.98. The van der Waals surface area contributed by atoms with Crippen molar-refractivity contribution >= 4 is 0 Å². The van der Waals surface area contributed by atoms with Gasteiger partial charge in [-0.1, -0.05) is 0 Å². The smallest absolute Gasteiger partial charge is 0.0571 e. The summed E-state index contributed by atoms with van der Waals surface area (Å²) in [5.74, 6) is 0. The molecule has 3 nitrogen and oxygen atoms in total. The van der Waals surface area contributed by atoms with Gasteiger partial charge in [0.1, 0.15) is 0 Å². The van der Waals surface area contributed by atoms with E-state index in [0.29, 0.717) is 6.17 Å². The van der Waals surface area contributed by atoms with Gasteiger partial charge in [0, 0.05) is 19.8 Å². The molecule has 0 unspecified atom stereocenters. The fourth-order valence-corrected chi connectivity index (χ4v) is 1.81. The minimum atomic E-state index is 0.301. The highest BCUT2D eigenvalue weighted by Gasteiger charge is 2.17. The molecule has 1 heterocycles. The molecule has 1 aliphatic heterocycles. The van der Waals surface area contributed by atoms with Gasteiger partial charge in [-0.2, -0.15) is 0 Å². The summed E-state index contributed by atoms with van der Waals surface area (Å²) >= 11 is 0. The molecule has 0 amide bonds. The molecular formula is C10H22N2O. The SMILES string of the molecule is CCOCCCN1CCCC[C@@H]1N. The van der Waals surface area contributed by atoms with E-state index >= 15 is 0 Å². The van der Waals surface area contributed by atoms with E-state index in [1.165, 1.54) is 19.4 Å². The summed E-state index contributed by atoms with van der Waals surface area (Å²) < 4.78 is 5.29. The van der Waals surface area contributed by atoms with Crippen LogP contribution >= 0.6 is 0 Å². The Hall–Kier alpha value is -0.120. The van der Waals surface area contributed by atoms with Crippen LogP contribution in [0.4, 0.5) is 0 Å². The van der Waals surface area contributed by atoms with Gasteiger partial charge < -0.3 is 10.5 Å². The van der Waals surface area contributed by atoms with Crippen LogP contribution in [-0.4, -0.2) is 37.4 Å². The lowest BCUT2D eigenvalue weighted by Gasteiger charge is -2.32. The minimum Gasteiger partial charge on any atom is -0.382 e. The van der Waals surface area contributed by atoms with Gasteiger partial charge in [-0.05, 0) is 39.2 Å². The summed E-state index contributed by atoms with van der Waals surface area (Å²) in [6.45, 7) is 6.01. The van der Waals surface area contributed by atoms with Gasteiger partial charge in [-0.15, -0.1) is 0 Å². The van der Waals surface area contributed by atoms with E-state index in [1.54, 1.807) is 0 Å². The Morgan fingerprint density at radius 2 is 2.31 bits per heavy atom. The molecular weight excluding hydrogens is 164 g/mol. The van der Waals surface area contributed by atoms with Crippen molar-refractivity contribution in [3.8, 4) is 0 Å². The predicted octanol–water partition coefficient (Wildman–Crippen LogP) is 1.18. The molecule has 0 spiro atoms. The quantitative estimate of drug-likeness (QED) is 0.655. The molecule has 0 radical (unpaired) electrons. The molecule has 78 valence electrons. The van der Waals surface area contributed by atoms with Crippen LogP contribution in [0.15, 0.2) is 0 Å². The Morgan fingerprint density at radius 1 is 1.46 bits per heavy atom. The van der Waals surface area contributed by atoms with Crippen LogP contribution in [0.2, 0.25) is 0 Å². The molecule has 0 aromatic rings. The maximum atomic E-state index is 5.98. The number of hydrogen-bond donors (Lipinski definition) is 1. The first-order chi connectivity index (χ1) is 6.34. The second-order valence-corrected chi connectivity index (χ2v) is 3.65. The van der Waals surface area contributed by atoms with E-state index in [9.17, 15) is 0 Å². The highest BCUT2D eigenvalue weighted by atomic mass is 16.5. The van der Waals surface area contributed by atoms with E-state index < -0.39 is 0 Å². The van der Waals surface area contributed by atoms with Crippen molar-refractivity contribution in [1.29, 1.82) is 0 Å². The molecule has 0 saturated carbocycles. The van der Waals surface area contributed by atoms with E-state index in [-0.39, 0.29) is 0 Å². The fraction of sp³-hybridized carbons (Fsp3) is 1.00. The van der Waals surface area contributed by atoms with E-state index in [4.69, 9.17) is 10.5 Å². The molecule has 2 N–H and O–H groups in total. The highest BCUT2D eigenvalue weighted by molar-refractivity contribution is 4.71. The number of ether oxygens (including phenoxy) is 1. The molecule has 13 heavy (non-hydrogen) atoms. The monoisotopic (exact) mass is 186 g/mol. The second kappa shape index (κ2) is 6.35. The summed E-state index contributed by atoms with van der Waals surface area (Å²) in [6, 6.07) is 0. The number of piperidine rings is 1. The molecule has 3 heteroatoms. The lowest BCUT2D eigenvalue weighted by atomic mass is 10.1. The Labute approximate surface area is 81.2 Å². The van der Waals surface area contributed by atoms with Crippen molar-refractivity contribution in [3.63, 3.8) is 0 Å². The fourth-order valence-electron chi connectivity index (χ4n) is 1.81. The zero-order valence-electron chi connectivity index (χ0n) is 8.67. The first-order valence-corrected chi connectivity index (χ1v) is 5.42. The van der Waals surface area contributed by atoms with Crippen LogP contribution in [-0.2, 0) is 4.74 Å². The molecule has 1 fully saturated rings. The summed E-state index contributed by atoms with van der Waals surface area (Å²) in [4.78, 5) is 2.38. The van der Waals surface area contributed by atoms with Gasteiger partial charge >= 0.3 is 0 Å². The molecule has 1 aliphatic rings. The topological polar surface area (TPSA) is 38.5 Å². The Balaban J connectivity index is 2.05. The number of likely N-dealkylation sites (tertiary alicyclic amines) is 1. The van der Waals surface area contributed by atoms with Gasteiger partial charge in [-0.25, -0.2) is 0 Å². The Bertz CT molecular complexity index is 130. The maximum Gasteiger partial charge on any atom is 0.0571 e. The third-order valence-corrected chi connectivity index (χ3v) is 2.60. The number of nitrogens with two attached hydrogens (primary N) is 1. The zero-order valence-corrected chi connectivity index (χ0v) is 8.67. The lowest BCUT2D eigenvalue weighted by molar-refractivity contribution is 0.107. The van der Waals surface area contributed by atoms with Crippen molar-refractivity contribution in [2.24, 2.45) is 5.73 Å². The van der Waals surface area contributed by atoms with Crippen molar-refractivity contribution in [2.45, 2.75) is 38.8 Å². The van der Waals surface area contributed by atoms with Gasteiger partial charge in [0.2, 0.25) is 0 Å². The summed E-state index contributed by atoms with van der Waals surface area (Å²) in [5, 5.41) is 0. The Morgan fingerprint density at radius 3 is 3.00 bits per heavy atom. The number of nitrogens with zero attached hydrogens (tertiary/aromatic N) is 1. The predicted molar refractivity (Wildman–Crippen MR) is 54.5 cm³/mol. The molecule has 1 atom stereocenters. The minimum absolute atomic E-state index is 0.301. The molecule has 0 aromatic carbocycles.